The molecular weight excluding hydrogens is 459 g/mol. The van der Waals surface area contributed by atoms with Crippen LogP contribution in [0.3, 0.4) is 0 Å². The molecule has 1 heterocycles. The topological polar surface area (TPSA) is 84.0 Å². The number of sulfone groups is 1. The van der Waals surface area contributed by atoms with Crippen molar-refractivity contribution < 1.29 is 27.1 Å². The van der Waals surface area contributed by atoms with E-state index in [9.17, 15) is 22.4 Å². The fraction of sp³-hybridized carbons (Fsp3) is 0.920. The van der Waals surface area contributed by atoms with E-state index in [1.807, 2.05) is 16.7 Å². The average molecular weight is 501 g/mol. The summed E-state index contributed by atoms with van der Waals surface area (Å²) < 4.78 is 43.3. The number of rotatable bonds is 3. The Bertz CT molecular complexity index is 851. The van der Waals surface area contributed by atoms with Crippen LogP contribution in [0.25, 0.3) is 0 Å². The second-order valence-electron chi connectivity index (χ2n) is 11.3. The van der Waals surface area contributed by atoms with Crippen LogP contribution in [0.5, 0.6) is 0 Å². The first kappa shape index (κ1) is 25.7. The van der Waals surface area contributed by atoms with Crippen molar-refractivity contribution in [3.8, 4) is 0 Å². The molecule has 4 fully saturated rings. The van der Waals surface area contributed by atoms with Gasteiger partial charge in [-0.3, -0.25) is 4.79 Å². The van der Waals surface area contributed by atoms with Crippen LogP contribution in [0.4, 0.5) is 9.18 Å². The molecule has 2 amide bonds. The zero-order chi connectivity index (χ0) is 24.6. The lowest BCUT2D eigenvalue weighted by molar-refractivity contribution is -0.143. The quantitative estimate of drug-likeness (QED) is 0.583. The molecule has 0 aromatic carbocycles. The molecule has 7 nitrogen and oxygen atoms in total. The van der Waals surface area contributed by atoms with Gasteiger partial charge in [-0.1, -0.05) is 0 Å². The van der Waals surface area contributed by atoms with Gasteiger partial charge in [-0.2, -0.15) is 0 Å². The first-order valence-corrected chi connectivity index (χ1v) is 15.1. The molecule has 0 spiro atoms. The Kier molecular flexibility index (Phi) is 7.80. The summed E-state index contributed by atoms with van der Waals surface area (Å²) in [6.07, 6.45) is 7.91. The molecule has 9 heteroatoms. The van der Waals surface area contributed by atoms with Gasteiger partial charge in [-0.15, -0.1) is 0 Å². The molecule has 194 valence electrons. The minimum absolute atomic E-state index is 0.0148. The molecule has 0 bridgehead atoms. The molecule has 0 radical (unpaired) electrons. The molecule has 3 aliphatic carbocycles. The fourth-order valence-electron chi connectivity index (χ4n) is 7.18. The van der Waals surface area contributed by atoms with E-state index < -0.39 is 16.0 Å². The van der Waals surface area contributed by atoms with Gasteiger partial charge < -0.3 is 14.5 Å². The van der Waals surface area contributed by atoms with E-state index in [2.05, 4.69) is 0 Å². The Morgan fingerprint density at radius 3 is 2.09 bits per heavy atom. The number of hydrogen-bond acceptors (Lipinski definition) is 5. The van der Waals surface area contributed by atoms with Crippen molar-refractivity contribution in [3.63, 3.8) is 0 Å². The van der Waals surface area contributed by atoms with Crippen LogP contribution in [0.15, 0.2) is 0 Å². The summed E-state index contributed by atoms with van der Waals surface area (Å²) in [5.74, 6) is 0.923. The molecule has 0 aromatic heterocycles. The summed E-state index contributed by atoms with van der Waals surface area (Å²) >= 11 is 0. The van der Waals surface area contributed by atoms with Gasteiger partial charge in [0.05, 0.1) is 17.3 Å². The highest BCUT2D eigenvalue weighted by atomic mass is 32.2. The maximum Gasteiger partial charge on any atom is 0.410 e. The van der Waals surface area contributed by atoms with E-state index in [1.165, 1.54) is 6.26 Å². The lowest BCUT2D eigenvalue weighted by Gasteiger charge is -2.54. The van der Waals surface area contributed by atoms with E-state index in [0.29, 0.717) is 56.9 Å². The number of ether oxygens (including phenoxy) is 1. The zero-order valence-corrected chi connectivity index (χ0v) is 21.6. The van der Waals surface area contributed by atoms with E-state index in [1.54, 1.807) is 6.92 Å². The van der Waals surface area contributed by atoms with Gasteiger partial charge in [0, 0.05) is 25.8 Å². The fourth-order valence-corrected chi connectivity index (χ4v) is 8.31. The van der Waals surface area contributed by atoms with Crippen molar-refractivity contribution in [2.45, 2.75) is 120 Å². The van der Waals surface area contributed by atoms with Crippen LogP contribution >= 0.6 is 0 Å². The van der Waals surface area contributed by atoms with Gasteiger partial charge in [0.25, 0.3) is 0 Å². The highest BCUT2D eigenvalue weighted by Crippen LogP contribution is 2.43. The molecule has 1 aliphatic heterocycles. The van der Waals surface area contributed by atoms with Crippen molar-refractivity contribution in [1.82, 2.24) is 9.80 Å². The van der Waals surface area contributed by atoms with E-state index in [0.717, 1.165) is 32.1 Å². The summed E-state index contributed by atoms with van der Waals surface area (Å²) in [6, 6.07) is -0.176. The van der Waals surface area contributed by atoms with Crippen molar-refractivity contribution in [2.75, 3.05) is 12.8 Å². The largest absolute Gasteiger partial charge is 0.446 e. The first-order valence-electron chi connectivity index (χ1n) is 13.1. The molecule has 4 atom stereocenters. The van der Waals surface area contributed by atoms with Crippen molar-refractivity contribution >= 4 is 21.8 Å². The van der Waals surface area contributed by atoms with Crippen LogP contribution in [-0.2, 0) is 19.4 Å². The summed E-state index contributed by atoms with van der Waals surface area (Å²) in [5, 5.41) is -0.227. The zero-order valence-electron chi connectivity index (χ0n) is 20.8. The number of fused-ring (bicyclic) bond motifs is 1. The molecule has 1 saturated heterocycles. The van der Waals surface area contributed by atoms with Crippen LogP contribution in [-0.4, -0.2) is 78.7 Å². The Balaban J connectivity index is 1.46. The highest BCUT2D eigenvalue weighted by molar-refractivity contribution is 7.91. The van der Waals surface area contributed by atoms with Gasteiger partial charge in [0.1, 0.15) is 22.1 Å². The highest BCUT2D eigenvalue weighted by Gasteiger charge is 2.48. The molecule has 0 aromatic rings. The third-order valence-electron chi connectivity index (χ3n) is 8.98. The Labute approximate surface area is 203 Å². The summed E-state index contributed by atoms with van der Waals surface area (Å²) in [7, 11) is -3.00. The van der Waals surface area contributed by atoms with Gasteiger partial charge in [-0.05, 0) is 89.4 Å². The molecule has 4 aliphatic rings. The van der Waals surface area contributed by atoms with Crippen LogP contribution in [0.2, 0.25) is 0 Å². The predicted molar refractivity (Wildman–Crippen MR) is 128 cm³/mol. The maximum absolute atomic E-state index is 13.5. The number of piperazine rings is 1. The second-order valence-corrected chi connectivity index (χ2v) is 13.6. The Morgan fingerprint density at radius 1 is 0.882 bits per heavy atom. The van der Waals surface area contributed by atoms with Crippen LogP contribution < -0.4 is 0 Å². The molecule has 0 N–H and O–H groups in total. The first-order chi connectivity index (χ1) is 16.0. The average Bonchev–Trinajstić information content (AvgIpc) is 2.79. The molecular formula is C25H41FN2O5S. The number of nitrogens with zero attached hydrogens (tertiary/aromatic N) is 2. The van der Waals surface area contributed by atoms with E-state index in [-0.39, 0.29) is 41.5 Å². The summed E-state index contributed by atoms with van der Waals surface area (Å²) in [5.41, 5.74) is 0. The molecule has 3 saturated carbocycles. The summed E-state index contributed by atoms with van der Waals surface area (Å²) in [4.78, 5) is 29.6. The second kappa shape index (κ2) is 10.3. The standard InChI is InChI=1S/C25H41FN2O5S/c1-16-15-27(25(30)33-21-9-7-20(26)8-10-21)24-14-19(6-13-23(24)28(16)17(2)29)18-4-11-22(12-5-18)34(3,31)32/h16,18-24H,4-15H2,1-3H3/t16-,18?,19?,20?,21?,22?,23?,24?/m0/s1. The Hall–Kier alpha value is -1.38. The normalized spacial score (nSPS) is 39.3. The summed E-state index contributed by atoms with van der Waals surface area (Å²) in [6.45, 7) is 4.05. The lowest BCUT2D eigenvalue weighted by Crippen LogP contribution is -2.67. The van der Waals surface area contributed by atoms with Crippen LogP contribution in [0, 0.1) is 11.8 Å². The van der Waals surface area contributed by atoms with Gasteiger partial charge in [-0.25, -0.2) is 17.6 Å². The van der Waals surface area contributed by atoms with Gasteiger partial charge >= 0.3 is 6.09 Å². The van der Waals surface area contributed by atoms with Gasteiger partial charge in [0.15, 0.2) is 0 Å². The van der Waals surface area contributed by atoms with Crippen LogP contribution in [0.1, 0.15) is 84.5 Å². The minimum atomic E-state index is -3.00. The SMILES string of the molecule is CC(=O)N1C2CCC(C3CCC(S(C)(=O)=O)CC3)CC2N(C(=O)OC2CCC(F)CC2)C[C@@H]1C. The molecule has 4 rings (SSSR count). The van der Waals surface area contributed by atoms with Crippen molar-refractivity contribution in [1.29, 1.82) is 0 Å². The van der Waals surface area contributed by atoms with Crippen molar-refractivity contribution in [2.24, 2.45) is 11.8 Å². The Morgan fingerprint density at radius 2 is 1.50 bits per heavy atom. The third-order valence-corrected chi connectivity index (χ3v) is 10.7. The molecule has 3 unspecified atom stereocenters. The smallest absolute Gasteiger partial charge is 0.410 e. The van der Waals surface area contributed by atoms with E-state index >= 15 is 0 Å². The third kappa shape index (κ3) is 5.54. The van der Waals surface area contributed by atoms with Crippen molar-refractivity contribution in [3.05, 3.63) is 0 Å². The predicted octanol–water partition coefficient (Wildman–Crippen LogP) is 4.10. The minimum Gasteiger partial charge on any atom is -0.446 e. The number of hydrogen-bond donors (Lipinski definition) is 0. The number of alkyl halides is 1. The number of carbonyl (C=O) groups is 2. The number of halogens is 1. The maximum atomic E-state index is 13.5. The monoisotopic (exact) mass is 500 g/mol. The van der Waals surface area contributed by atoms with E-state index in [4.69, 9.17) is 4.74 Å². The number of amides is 2. The van der Waals surface area contributed by atoms with Gasteiger partial charge in [0.2, 0.25) is 5.91 Å². The molecule has 34 heavy (non-hydrogen) atoms. The lowest BCUT2D eigenvalue weighted by atomic mass is 9.69. The number of carbonyl (C=O) groups excluding carboxylic acids is 2.